The van der Waals surface area contributed by atoms with Gasteiger partial charge < -0.3 is 14.5 Å². The Labute approximate surface area is 126 Å². The van der Waals surface area contributed by atoms with Gasteiger partial charge >= 0.3 is 5.97 Å². The van der Waals surface area contributed by atoms with Crippen molar-refractivity contribution in [2.75, 3.05) is 0 Å². The van der Waals surface area contributed by atoms with Gasteiger partial charge in [-0.25, -0.2) is 4.79 Å². The van der Waals surface area contributed by atoms with Gasteiger partial charge in [0, 0.05) is 11.0 Å². The summed E-state index contributed by atoms with van der Waals surface area (Å²) >= 11 is 1.51. The van der Waals surface area contributed by atoms with Crippen molar-refractivity contribution in [2.24, 2.45) is 0 Å². The molecule has 1 atom stereocenters. The number of hydrogen-bond donors (Lipinski definition) is 1. The van der Waals surface area contributed by atoms with Crippen LogP contribution in [0.5, 0.6) is 0 Å². The highest BCUT2D eigenvalue weighted by Gasteiger charge is 2.16. The van der Waals surface area contributed by atoms with E-state index in [9.17, 15) is 9.59 Å². The third kappa shape index (κ3) is 4.92. The van der Waals surface area contributed by atoms with Crippen LogP contribution in [0.2, 0.25) is 0 Å². The van der Waals surface area contributed by atoms with E-state index in [4.69, 9.17) is 9.15 Å². The number of thiophene rings is 1. The van der Waals surface area contributed by atoms with E-state index in [-0.39, 0.29) is 12.5 Å². The number of furan rings is 1. The summed E-state index contributed by atoms with van der Waals surface area (Å²) in [4.78, 5) is 24.3. The SMILES string of the molecule is C[C@@H](OC(=O)/C=C/c1cccs1)C(=O)NCc1ccco1. The summed E-state index contributed by atoms with van der Waals surface area (Å²) in [5.74, 6) is -0.284. The van der Waals surface area contributed by atoms with Crippen LogP contribution < -0.4 is 5.32 Å². The van der Waals surface area contributed by atoms with Crippen molar-refractivity contribution in [3.05, 3.63) is 52.6 Å². The molecule has 1 N–H and O–H groups in total. The fourth-order valence-corrected chi connectivity index (χ4v) is 2.15. The zero-order valence-corrected chi connectivity index (χ0v) is 12.3. The van der Waals surface area contributed by atoms with Gasteiger partial charge in [-0.1, -0.05) is 6.07 Å². The predicted octanol–water partition coefficient (Wildman–Crippen LogP) is 2.60. The highest BCUT2D eigenvalue weighted by molar-refractivity contribution is 7.10. The molecule has 2 rings (SSSR count). The van der Waals surface area contributed by atoms with Crippen molar-refractivity contribution in [1.82, 2.24) is 5.32 Å². The second kappa shape index (κ2) is 7.44. The van der Waals surface area contributed by atoms with Gasteiger partial charge in [0.15, 0.2) is 6.10 Å². The lowest BCUT2D eigenvalue weighted by atomic mass is 10.3. The molecule has 2 aromatic rings. The van der Waals surface area contributed by atoms with Gasteiger partial charge in [0.2, 0.25) is 0 Å². The van der Waals surface area contributed by atoms with Gasteiger partial charge in [-0.3, -0.25) is 4.79 Å². The van der Waals surface area contributed by atoms with Gasteiger partial charge in [-0.15, -0.1) is 11.3 Å². The van der Waals surface area contributed by atoms with Crippen LogP contribution in [0.15, 0.2) is 46.4 Å². The summed E-state index contributed by atoms with van der Waals surface area (Å²) < 4.78 is 10.1. The maximum absolute atomic E-state index is 11.8. The minimum Gasteiger partial charge on any atom is -0.467 e. The summed E-state index contributed by atoms with van der Waals surface area (Å²) in [7, 11) is 0. The number of carbonyl (C=O) groups excluding carboxylic acids is 2. The van der Waals surface area contributed by atoms with Gasteiger partial charge in [0.25, 0.3) is 5.91 Å². The van der Waals surface area contributed by atoms with Crippen LogP contribution in [0.25, 0.3) is 6.08 Å². The molecule has 0 saturated heterocycles. The van der Waals surface area contributed by atoms with Crippen LogP contribution in [-0.2, 0) is 20.9 Å². The molecule has 6 heteroatoms. The van der Waals surface area contributed by atoms with E-state index in [1.807, 2.05) is 17.5 Å². The fraction of sp³-hybridized carbons (Fsp3) is 0.200. The van der Waals surface area contributed by atoms with Crippen molar-refractivity contribution in [2.45, 2.75) is 19.6 Å². The van der Waals surface area contributed by atoms with Crippen LogP contribution in [-0.4, -0.2) is 18.0 Å². The normalized spacial score (nSPS) is 12.2. The van der Waals surface area contributed by atoms with Crippen LogP contribution in [0.4, 0.5) is 0 Å². The number of esters is 1. The monoisotopic (exact) mass is 305 g/mol. The number of hydrogen-bond acceptors (Lipinski definition) is 5. The van der Waals surface area contributed by atoms with E-state index in [1.165, 1.54) is 30.6 Å². The molecule has 0 bridgehead atoms. The molecule has 21 heavy (non-hydrogen) atoms. The average Bonchev–Trinajstić information content (AvgIpc) is 3.15. The molecule has 0 aliphatic rings. The number of amides is 1. The largest absolute Gasteiger partial charge is 0.467 e. The Balaban J connectivity index is 1.76. The minimum atomic E-state index is -0.861. The molecule has 0 spiro atoms. The maximum Gasteiger partial charge on any atom is 0.331 e. The summed E-state index contributed by atoms with van der Waals surface area (Å²) in [6, 6.07) is 7.26. The maximum atomic E-state index is 11.8. The Morgan fingerprint density at radius 1 is 1.43 bits per heavy atom. The molecule has 2 aromatic heterocycles. The third-order valence-corrected chi connectivity index (χ3v) is 3.44. The second-order valence-corrected chi connectivity index (χ2v) is 5.20. The zero-order valence-electron chi connectivity index (χ0n) is 11.4. The molecule has 5 nitrogen and oxygen atoms in total. The highest BCUT2D eigenvalue weighted by Crippen LogP contribution is 2.10. The summed E-state index contributed by atoms with van der Waals surface area (Å²) in [5, 5.41) is 4.54. The van der Waals surface area contributed by atoms with Gasteiger partial charge in [-0.05, 0) is 36.6 Å². The van der Waals surface area contributed by atoms with Crippen molar-refractivity contribution >= 4 is 29.3 Å². The van der Waals surface area contributed by atoms with E-state index >= 15 is 0 Å². The Morgan fingerprint density at radius 3 is 2.95 bits per heavy atom. The molecular formula is C15H15NO4S. The lowest BCUT2D eigenvalue weighted by Crippen LogP contribution is -2.35. The van der Waals surface area contributed by atoms with E-state index in [0.29, 0.717) is 5.76 Å². The summed E-state index contributed by atoms with van der Waals surface area (Å²) in [6.45, 7) is 1.78. The molecular weight excluding hydrogens is 290 g/mol. The number of nitrogens with one attached hydrogen (secondary N) is 1. The van der Waals surface area contributed by atoms with Crippen molar-refractivity contribution in [3.8, 4) is 0 Å². The second-order valence-electron chi connectivity index (χ2n) is 4.23. The van der Waals surface area contributed by atoms with Crippen LogP contribution in [0.1, 0.15) is 17.6 Å². The van der Waals surface area contributed by atoms with Crippen LogP contribution in [0.3, 0.4) is 0 Å². The Hall–Kier alpha value is -2.34. The van der Waals surface area contributed by atoms with Crippen molar-refractivity contribution in [3.63, 3.8) is 0 Å². The Morgan fingerprint density at radius 2 is 2.29 bits per heavy atom. The van der Waals surface area contributed by atoms with Gasteiger partial charge in [-0.2, -0.15) is 0 Å². The number of carbonyl (C=O) groups is 2. The first kappa shape index (κ1) is 15.1. The molecule has 0 radical (unpaired) electrons. The highest BCUT2D eigenvalue weighted by atomic mass is 32.1. The molecule has 0 saturated carbocycles. The lowest BCUT2D eigenvalue weighted by molar-refractivity contribution is -0.150. The first-order chi connectivity index (χ1) is 10.1. The van der Waals surface area contributed by atoms with Crippen LogP contribution >= 0.6 is 11.3 Å². The molecule has 0 aliphatic heterocycles. The summed E-state index contributed by atoms with van der Waals surface area (Å²) in [5.41, 5.74) is 0. The molecule has 0 aliphatic carbocycles. The first-order valence-electron chi connectivity index (χ1n) is 6.37. The van der Waals surface area contributed by atoms with E-state index in [2.05, 4.69) is 5.32 Å². The Bertz CT molecular complexity index is 602. The number of ether oxygens (including phenoxy) is 1. The standard InChI is InChI=1S/C15H15NO4S/c1-11(15(18)16-10-12-4-2-8-19-12)20-14(17)7-6-13-5-3-9-21-13/h2-9,11H,10H2,1H3,(H,16,18)/b7-6+/t11-/m1/s1. The van der Waals surface area contributed by atoms with Crippen LogP contribution in [0, 0.1) is 0 Å². The average molecular weight is 305 g/mol. The Kier molecular flexibility index (Phi) is 5.34. The minimum absolute atomic E-state index is 0.263. The predicted molar refractivity (Wildman–Crippen MR) is 79.5 cm³/mol. The van der Waals surface area contributed by atoms with Gasteiger partial charge in [0.05, 0.1) is 12.8 Å². The molecule has 110 valence electrons. The fourth-order valence-electron chi connectivity index (χ4n) is 1.53. The third-order valence-electron chi connectivity index (χ3n) is 2.61. The van der Waals surface area contributed by atoms with E-state index in [1.54, 1.807) is 18.2 Å². The van der Waals surface area contributed by atoms with Gasteiger partial charge in [0.1, 0.15) is 5.76 Å². The zero-order chi connectivity index (χ0) is 15.1. The smallest absolute Gasteiger partial charge is 0.331 e. The summed E-state index contributed by atoms with van der Waals surface area (Å²) in [6.07, 6.45) is 3.63. The lowest BCUT2D eigenvalue weighted by Gasteiger charge is -2.11. The molecule has 0 aromatic carbocycles. The molecule has 0 unspecified atom stereocenters. The van der Waals surface area contributed by atoms with E-state index in [0.717, 1.165) is 4.88 Å². The first-order valence-corrected chi connectivity index (χ1v) is 7.25. The molecule has 1 amide bonds. The van der Waals surface area contributed by atoms with E-state index < -0.39 is 12.1 Å². The number of rotatable bonds is 6. The molecule has 0 fully saturated rings. The quantitative estimate of drug-likeness (QED) is 0.658. The van der Waals surface area contributed by atoms with Crippen molar-refractivity contribution < 1.29 is 18.7 Å². The topological polar surface area (TPSA) is 68.5 Å². The van der Waals surface area contributed by atoms with Crippen molar-refractivity contribution in [1.29, 1.82) is 0 Å². The molecule has 2 heterocycles.